The van der Waals surface area contributed by atoms with E-state index in [1.165, 1.54) is 30.6 Å². The number of halogens is 5. The zero-order valence-corrected chi connectivity index (χ0v) is 19.9. The first kappa shape index (κ1) is 24.3. The summed E-state index contributed by atoms with van der Waals surface area (Å²) in [5, 5.41) is 27.2. The van der Waals surface area contributed by atoms with Gasteiger partial charge in [0.05, 0.1) is 45.9 Å². The highest BCUT2D eigenvalue weighted by Gasteiger charge is 2.22. The Labute approximate surface area is 217 Å². The molecule has 0 aliphatic heterocycles. The van der Waals surface area contributed by atoms with E-state index in [4.69, 9.17) is 23.2 Å². The minimum absolute atomic E-state index is 0.107. The van der Waals surface area contributed by atoms with Crippen molar-refractivity contribution in [3.63, 3.8) is 0 Å². The highest BCUT2D eigenvalue weighted by Crippen LogP contribution is 2.37. The summed E-state index contributed by atoms with van der Waals surface area (Å²) in [7, 11) is 0. The van der Waals surface area contributed by atoms with E-state index in [2.05, 4.69) is 36.0 Å². The molecular weight excluding hydrogens is 528 g/mol. The molecule has 0 spiro atoms. The summed E-state index contributed by atoms with van der Waals surface area (Å²) in [5.74, 6) is -2.91. The fourth-order valence-corrected chi connectivity index (χ4v) is 4.30. The number of nitrogens with one attached hydrogen (secondary N) is 3. The number of hydrogen-bond donors (Lipinski definition) is 3. The molecule has 5 rings (SSSR count). The Morgan fingerprint density at radius 2 is 1.78 bits per heavy atom. The zero-order chi connectivity index (χ0) is 26.1. The van der Waals surface area contributed by atoms with Gasteiger partial charge < -0.3 is 10.6 Å². The van der Waals surface area contributed by atoms with Crippen LogP contribution in [0, 0.1) is 28.9 Å². The fraction of sp³-hybridized carbons (Fsp3) is 0.0417. The van der Waals surface area contributed by atoms with E-state index in [1.807, 2.05) is 6.07 Å². The number of hydrogen-bond acceptors (Lipinski definition) is 7. The van der Waals surface area contributed by atoms with Gasteiger partial charge >= 0.3 is 0 Å². The first-order chi connectivity index (χ1) is 17.8. The summed E-state index contributed by atoms with van der Waals surface area (Å²) in [5.41, 5.74) is 2.28. The van der Waals surface area contributed by atoms with Crippen LogP contribution in [0.3, 0.4) is 0 Å². The molecule has 184 valence electrons. The minimum atomic E-state index is -1.25. The van der Waals surface area contributed by atoms with Gasteiger partial charge in [0.1, 0.15) is 17.6 Å². The van der Waals surface area contributed by atoms with Crippen LogP contribution in [-0.4, -0.2) is 25.4 Å². The van der Waals surface area contributed by atoms with Crippen LogP contribution in [0.15, 0.2) is 55.0 Å². The third-order valence-corrected chi connectivity index (χ3v) is 6.04. The molecule has 37 heavy (non-hydrogen) atoms. The normalized spacial score (nSPS) is 11.8. The van der Waals surface area contributed by atoms with Gasteiger partial charge in [0.2, 0.25) is 5.95 Å². The number of aromatic nitrogens is 5. The molecule has 8 nitrogen and oxygen atoms in total. The average Bonchev–Trinajstić information content (AvgIpc) is 3.40. The Bertz CT molecular complexity index is 1670. The monoisotopic (exact) mass is 540 g/mol. The van der Waals surface area contributed by atoms with Gasteiger partial charge in [0.25, 0.3) is 0 Å². The van der Waals surface area contributed by atoms with Crippen molar-refractivity contribution >= 4 is 51.2 Å². The van der Waals surface area contributed by atoms with Gasteiger partial charge in [-0.3, -0.25) is 4.98 Å². The standard InChI is InChI=1S/C24H13Cl2F3N8/c25-17-3-12(27)1-2-15(17)23(20-10-33-37-36-20)34-13-4-16-21(35-14-6-19(28)24(29)32-9-14)11(7-30)8-31-22(16)18(26)5-13/h1-6,8-10,23,34H,(H,31,35)(H,33,36,37). The molecule has 0 saturated carbocycles. The van der Waals surface area contributed by atoms with Crippen molar-refractivity contribution in [2.24, 2.45) is 0 Å². The third kappa shape index (κ3) is 4.84. The number of aromatic amines is 1. The molecule has 0 bridgehead atoms. The van der Waals surface area contributed by atoms with Gasteiger partial charge in [-0.1, -0.05) is 29.3 Å². The highest BCUT2D eigenvalue weighted by atomic mass is 35.5. The zero-order valence-electron chi connectivity index (χ0n) is 18.4. The van der Waals surface area contributed by atoms with Crippen molar-refractivity contribution in [1.82, 2.24) is 25.4 Å². The molecule has 0 aliphatic carbocycles. The van der Waals surface area contributed by atoms with Crippen LogP contribution in [0.5, 0.6) is 0 Å². The predicted octanol–water partition coefficient (Wildman–Crippen LogP) is 6.29. The lowest BCUT2D eigenvalue weighted by Crippen LogP contribution is -2.14. The van der Waals surface area contributed by atoms with Crippen LogP contribution in [-0.2, 0) is 0 Å². The van der Waals surface area contributed by atoms with E-state index in [9.17, 15) is 18.4 Å². The van der Waals surface area contributed by atoms with E-state index in [0.717, 1.165) is 12.3 Å². The predicted molar refractivity (Wildman–Crippen MR) is 132 cm³/mol. The van der Waals surface area contributed by atoms with E-state index < -0.39 is 23.6 Å². The topological polar surface area (TPSA) is 115 Å². The van der Waals surface area contributed by atoms with Gasteiger partial charge in [0.15, 0.2) is 5.82 Å². The summed E-state index contributed by atoms with van der Waals surface area (Å²) in [4.78, 5) is 7.64. The van der Waals surface area contributed by atoms with Gasteiger partial charge in [-0.15, -0.1) is 0 Å². The molecule has 3 aromatic heterocycles. The number of rotatable bonds is 6. The number of anilines is 3. The number of pyridine rings is 2. The van der Waals surface area contributed by atoms with Gasteiger partial charge in [0, 0.05) is 28.4 Å². The fourth-order valence-electron chi connectivity index (χ4n) is 3.76. The first-order valence-corrected chi connectivity index (χ1v) is 11.3. The molecule has 0 fully saturated rings. The van der Waals surface area contributed by atoms with Crippen molar-refractivity contribution in [3.8, 4) is 6.07 Å². The summed E-state index contributed by atoms with van der Waals surface area (Å²) >= 11 is 12.9. The van der Waals surface area contributed by atoms with E-state index in [1.54, 1.807) is 12.1 Å². The second-order valence-electron chi connectivity index (χ2n) is 7.77. The van der Waals surface area contributed by atoms with Crippen LogP contribution in [0.1, 0.15) is 22.9 Å². The Morgan fingerprint density at radius 3 is 2.49 bits per heavy atom. The molecule has 1 atom stereocenters. The molecular formula is C24H13Cl2F3N8. The minimum Gasteiger partial charge on any atom is -0.373 e. The summed E-state index contributed by atoms with van der Waals surface area (Å²) in [6.45, 7) is 0. The largest absolute Gasteiger partial charge is 0.373 e. The second kappa shape index (κ2) is 9.93. The van der Waals surface area contributed by atoms with Gasteiger partial charge in [-0.2, -0.15) is 25.1 Å². The maximum Gasteiger partial charge on any atom is 0.249 e. The highest BCUT2D eigenvalue weighted by molar-refractivity contribution is 6.36. The molecule has 0 radical (unpaired) electrons. The lowest BCUT2D eigenvalue weighted by molar-refractivity contribution is 0.480. The maximum absolute atomic E-state index is 13.8. The second-order valence-corrected chi connectivity index (χ2v) is 8.59. The van der Waals surface area contributed by atoms with Gasteiger partial charge in [-0.05, 0) is 29.8 Å². The lowest BCUT2D eigenvalue weighted by Gasteiger charge is -2.21. The van der Waals surface area contributed by atoms with E-state index >= 15 is 0 Å². The van der Waals surface area contributed by atoms with Crippen LogP contribution in [0.25, 0.3) is 10.9 Å². The van der Waals surface area contributed by atoms with Crippen molar-refractivity contribution in [2.75, 3.05) is 10.6 Å². The molecule has 3 N–H and O–H groups in total. The maximum atomic E-state index is 13.8. The van der Waals surface area contributed by atoms with Crippen molar-refractivity contribution in [2.45, 2.75) is 6.04 Å². The summed E-state index contributed by atoms with van der Waals surface area (Å²) < 4.78 is 40.8. The van der Waals surface area contributed by atoms with Crippen molar-refractivity contribution in [1.29, 1.82) is 5.26 Å². The van der Waals surface area contributed by atoms with Crippen molar-refractivity contribution in [3.05, 3.63) is 99.4 Å². The van der Waals surface area contributed by atoms with Crippen LogP contribution in [0.4, 0.5) is 30.2 Å². The Kier molecular flexibility index (Phi) is 6.52. The number of nitriles is 1. The van der Waals surface area contributed by atoms with Gasteiger partial charge in [-0.25, -0.2) is 13.8 Å². The van der Waals surface area contributed by atoms with Crippen LogP contribution in [0.2, 0.25) is 10.0 Å². The molecule has 13 heteroatoms. The van der Waals surface area contributed by atoms with E-state index in [0.29, 0.717) is 27.8 Å². The molecule has 2 aromatic carbocycles. The molecule has 0 saturated heterocycles. The Balaban J connectivity index is 1.63. The summed E-state index contributed by atoms with van der Waals surface area (Å²) in [6, 6.07) is 9.51. The number of nitrogens with zero attached hydrogens (tertiary/aromatic N) is 5. The Morgan fingerprint density at radius 1 is 0.946 bits per heavy atom. The van der Waals surface area contributed by atoms with E-state index in [-0.39, 0.29) is 27.0 Å². The van der Waals surface area contributed by atoms with Crippen LogP contribution >= 0.6 is 23.2 Å². The summed E-state index contributed by atoms with van der Waals surface area (Å²) in [6.07, 6.45) is 3.89. The molecule has 0 aliphatic rings. The Hall–Kier alpha value is -4.40. The lowest BCUT2D eigenvalue weighted by atomic mass is 10.0. The molecule has 3 heterocycles. The third-order valence-electron chi connectivity index (χ3n) is 5.42. The number of benzene rings is 2. The SMILES string of the molecule is N#Cc1cnc2c(Cl)cc(NC(c3cn[nH]n3)c3ccc(F)cc3Cl)cc2c1Nc1cnc(F)c(F)c1. The smallest absolute Gasteiger partial charge is 0.249 e. The van der Waals surface area contributed by atoms with Crippen LogP contribution < -0.4 is 10.6 Å². The quantitative estimate of drug-likeness (QED) is 0.217. The number of fused-ring (bicyclic) bond motifs is 1. The molecule has 0 amide bonds. The molecule has 1 unspecified atom stereocenters. The molecule has 5 aromatic rings. The first-order valence-electron chi connectivity index (χ1n) is 10.5. The van der Waals surface area contributed by atoms with Crippen molar-refractivity contribution < 1.29 is 13.2 Å². The number of H-pyrrole nitrogens is 1. The average molecular weight is 541 g/mol.